The van der Waals surface area contributed by atoms with Crippen LogP contribution in [0.3, 0.4) is 0 Å². The predicted octanol–water partition coefficient (Wildman–Crippen LogP) is 2.10. The van der Waals surface area contributed by atoms with Crippen molar-refractivity contribution >= 4 is 24.2 Å². The maximum absolute atomic E-state index is 11.8. The van der Waals surface area contributed by atoms with Crippen LogP contribution in [0.1, 0.15) is 43.7 Å². The van der Waals surface area contributed by atoms with E-state index in [1.165, 1.54) is 5.56 Å². The fraction of sp³-hybridized carbons (Fsp3) is 0.556. The molecule has 0 radical (unpaired) electrons. The molecule has 1 aromatic carbocycles. The first-order valence-electron chi connectivity index (χ1n) is 8.36. The van der Waals surface area contributed by atoms with Crippen LogP contribution in [0.5, 0.6) is 0 Å². The second kappa shape index (κ2) is 12.8. The lowest BCUT2D eigenvalue weighted by molar-refractivity contribution is -0.126. The minimum Gasteiger partial charge on any atom is -0.351 e. The Morgan fingerprint density at radius 2 is 1.83 bits per heavy atom. The number of carbonyl (C=O) groups is 2. The Hall–Kier alpha value is -1.59. The van der Waals surface area contributed by atoms with E-state index in [0.29, 0.717) is 19.4 Å². The third kappa shape index (κ3) is 9.53. The van der Waals surface area contributed by atoms with E-state index in [2.05, 4.69) is 17.6 Å². The van der Waals surface area contributed by atoms with Crippen LogP contribution in [0.4, 0.5) is 0 Å². The average molecular weight is 356 g/mol. The van der Waals surface area contributed by atoms with Gasteiger partial charge in [-0.25, -0.2) is 0 Å². The van der Waals surface area contributed by atoms with Crippen molar-refractivity contribution in [3.8, 4) is 0 Å². The summed E-state index contributed by atoms with van der Waals surface area (Å²) in [6.45, 7) is 4.57. The van der Waals surface area contributed by atoms with E-state index < -0.39 is 0 Å². The third-order valence-corrected chi connectivity index (χ3v) is 3.76. The fourth-order valence-electron chi connectivity index (χ4n) is 2.26. The molecule has 0 bridgehead atoms. The molecule has 6 heteroatoms. The molecule has 1 aromatic rings. The van der Waals surface area contributed by atoms with Gasteiger partial charge < -0.3 is 16.4 Å². The van der Waals surface area contributed by atoms with Crippen molar-refractivity contribution in [3.05, 3.63) is 35.4 Å². The Kier molecular flexibility index (Phi) is 11.9. The highest BCUT2D eigenvalue weighted by atomic mass is 35.5. The van der Waals surface area contributed by atoms with Gasteiger partial charge in [-0.3, -0.25) is 9.59 Å². The molecule has 2 amide bonds. The summed E-state index contributed by atoms with van der Waals surface area (Å²) in [6, 6.07) is 8.10. The highest BCUT2D eigenvalue weighted by Gasteiger charge is 2.11. The first-order chi connectivity index (χ1) is 11.0. The maximum Gasteiger partial charge on any atom is 0.239 e. The molecule has 0 fully saturated rings. The lowest BCUT2D eigenvalue weighted by Gasteiger charge is -2.16. The minimum absolute atomic E-state index is 0. The van der Waals surface area contributed by atoms with Crippen molar-refractivity contribution in [2.75, 3.05) is 13.1 Å². The first-order valence-corrected chi connectivity index (χ1v) is 8.36. The summed E-state index contributed by atoms with van der Waals surface area (Å²) in [7, 11) is 0. The molecule has 24 heavy (non-hydrogen) atoms. The molecular weight excluding hydrogens is 326 g/mol. The zero-order valence-electron chi connectivity index (χ0n) is 14.6. The number of hydrogen-bond donors (Lipinski definition) is 3. The van der Waals surface area contributed by atoms with Crippen molar-refractivity contribution < 1.29 is 9.59 Å². The van der Waals surface area contributed by atoms with E-state index >= 15 is 0 Å². The Balaban J connectivity index is 0.00000529. The lowest BCUT2D eigenvalue weighted by Crippen LogP contribution is -2.45. The number of carbonyl (C=O) groups excluding carboxylic acids is 2. The van der Waals surface area contributed by atoms with Crippen molar-refractivity contribution in [2.45, 2.75) is 52.0 Å². The van der Waals surface area contributed by atoms with Crippen LogP contribution >= 0.6 is 12.4 Å². The normalized spacial score (nSPS) is 11.3. The topological polar surface area (TPSA) is 84.2 Å². The number of amides is 2. The number of nitrogens with two attached hydrogens (primary N) is 1. The number of halogens is 1. The Bertz CT molecular complexity index is 492. The van der Waals surface area contributed by atoms with Crippen LogP contribution < -0.4 is 16.4 Å². The molecule has 0 spiro atoms. The largest absolute Gasteiger partial charge is 0.351 e. The maximum atomic E-state index is 11.8. The first kappa shape index (κ1) is 22.4. The van der Waals surface area contributed by atoms with E-state index in [9.17, 15) is 9.59 Å². The summed E-state index contributed by atoms with van der Waals surface area (Å²) in [5.41, 5.74) is 7.96. The number of benzene rings is 1. The summed E-state index contributed by atoms with van der Waals surface area (Å²) >= 11 is 0. The minimum atomic E-state index is -0.180. The Morgan fingerprint density at radius 3 is 2.42 bits per heavy atom. The van der Waals surface area contributed by atoms with Crippen LogP contribution in [0, 0.1) is 6.92 Å². The second-order valence-electron chi connectivity index (χ2n) is 5.90. The summed E-state index contributed by atoms with van der Waals surface area (Å²) in [5.74, 6) is -0.293. The zero-order valence-corrected chi connectivity index (χ0v) is 15.5. The molecule has 136 valence electrons. The molecule has 0 aliphatic carbocycles. The van der Waals surface area contributed by atoms with Gasteiger partial charge in [0.05, 0.1) is 6.54 Å². The van der Waals surface area contributed by atoms with E-state index in [4.69, 9.17) is 5.73 Å². The van der Waals surface area contributed by atoms with Gasteiger partial charge in [-0.1, -0.05) is 49.6 Å². The van der Waals surface area contributed by atoms with Gasteiger partial charge in [-0.05, 0) is 25.3 Å². The SMILES string of the molecule is CCCCC(CN)NC(=O)CNC(=O)CCc1ccc(C)cc1.Cl. The zero-order chi connectivity index (χ0) is 17.1. The van der Waals surface area contributed by atoms with Gasteiger partial charge in [0.2, 0.25) is 11.8 Å². The van der Waals surface area contributed by atoms with Crippen LogP contribution in [0.25, 0.3) is 0 Å². The number of aryl methyl sites for hydroxylation is 2. The second-order valence-corrected chi connectivity index (χ2v) is 5.90. The van der Waals surface area contributed by atoms with Gasteiger partial charge in [0.15, 0.2) is 0 Å². The lowest BCUT2D eigenvalue weighted by atomic mass is 10.1. The molecular formula is C18H30ClN3O2. The van der Waals surface area contributed by atoms with Gasteiger partial charge >= 0.3 is 0 Å². The Labute approximate surface area is 151 Å². The van der Waals surface area contributed by atoms with Crippen LogP contribution in [-0.2, 0) is 16.0 Å². The van der Waals surface area contributed by atoms with Crippen LogP contribution in [0.15, 0.2) is 24.3 Å². The summed E-state index contributed by atoms with van der Waals surface area (Å²) in [6.07, 6.45) is 4.04. The molecule has 0 saturated heterocycles. The van der Waals surface area contributed by atoms with Gasteiger partial charge in [-0.2, -0.15) is 0 Å². The fourth-order valence-corrected chi connectivity index (χ4v) is 2.26. The van der Waals surface area contributed by atoms with Gasteiger partial charge in [0.1, 0.15) is 0 Å². The van der Waals surface area contributed by atoms with Gasteiger partial charge in [-0.15, -0.1) is 12.4 Å². The molecule has 0 aliphatic rings. The van der Waals surface area contributed by atoms with Crippen molar-refractivity contribution in [1.29, 1.82) is 0 Å². The number of rotatable bonds is 10. The summed E-state index contributed by atoms with van der Waals surface area (Å²) in [4.78, 5) is 23.6. The quantitative estimate of drug-likeness (QED) is 0.601. The molecule has 1 atom stereocenters. The van der Waals surface area contributed by atoms with Crippen molar-refractivity contribution in [1.82, 2.24) is 10.6 Å². The number of hydrogen-bond acceptors (Lipinski definition) is 3. The molecule has 0 heterocycles. The molecule has 1 rings (SSSR count). The van der Waals surface area contributed by atoms with Gasteiger partial charge in [0.25, 0.3) is 0 Å². The molecule has 5 nitrogen and oxygen atoms in total. The van der Waals surface area contributed by atoms with Crippen LogP contribution in [0.2, 0.25) is 0 Å². The number of nitrogens with one attached hydrogen (secondary N) is 2. The van der Waals surface area contributed by atoms with Crippen molar-refractivity contribution in [3.63, 3.8) is 0 Å². The van der Waals surface area contributed by atoms with Gasteiger partial charge in [0, 0.05) is 19.0 Å². The van der Waals surface area contributed by atoms with Crippen LogP contribution in [-0.4, -0.2) is 30.9 Å². The Morgan fingerprint density at radius 1 is 1.17 bits per heavy atom. The molecule has 0 aromatic heterocycles. The summed E-state index contributed by atoms with van der Waals surface area (Å²) in [5, 5.41) is 5.52. The molecule has 0 aliphatic heterocycles. The molecule has 1 unspecified atom stereocenters. The number of unbranched alkanes of at least 4 members (excludes halogenated alkanes) is 1. The van der Waals surface area contributed by atoms with E-state index in [1.807, 2.05) is 31.2 Å². The predicted molar refractivity (Wildman–Crippen MR) is 100 cm³/mol. The highest BCUT2D eigenvalue weighted by molar-refractivity contribution is 5.85. The monoisotopic (exact) mass is 355 g/mol. The molecule has 4 N–H and O–H groups in total. The smallest absolute Gasteiger partial charge is 0.239 e. The molecule has 0 saturated carbocycles. The third-order valence-electron chi connectivity index (χ3n) is 3.76. The average Bonchev–Trinajstić information content (AvgIpc) is 2.56. The summed E-state index contributed by atoms with van der Waals surface area (Å²) < 4.78 is 0. The standard InChI is InChI=1S/C18H29N3O2.ClH/c1-3-4-5-16(12-19)21-18(23)13-20-17(22)11-10-15-8-6-14(2)7-9-15;/h6-9,16H,3-5,10-13,19H2,1-2H3,(H,20,22)(H,21,23);1H. The van der Waals surface area contributed by atoms with E-state index in [-0.39, 0.29) is 36.8 Å². The van der Waals surface area contributed by atoms with E-state index in [0.717, 1.165) is 24.8 Å². The van der Waals surface area contributed by atoms with E-state index in [1.54, 1.807) is 0 Å². The highest BCUT2D eigenvalue weighted by Crippen LogP contribution is 2.05. The van der Waals surface area contributed by atoms with Crippen molar-refractivity contribution in [2.24, 2.45) is 5.73 Å².